The van der Waals surface area contributed by atoms with Crippen LogP contribution in [0.4, 0.5) is 0 Å². The van der Waals surface area contributed by atoms with Gasteiger partial charge in [-0.1, -0.05) is 23.7 Å². The monoisotopic (exact) mass is 305 g/mol. The molecule has 0 unspecified atom stereocenters. The van der Waals surface area contributed by atoms with Crippen LogP contribution in [0.25, 0.3) is 4.96 Å². The van der Waals surface area contributed by atoms with Gasteiger partial charge in [-0.05, 0) is 24.1 Å². The number of benzene rings is 1. The SMILES string of the molecule is O=C(NCCc1cccc(Cl)c1)c1csc2nccn12. The van der Waals surface area contributed by atoms with E-state index in [0.717, 1.165) is 16.9 Å². The summed E-state index contributed by atoms with van der Waals surface area (Å²) in [5.74, 6) is -0.0868. The number of rotatable bonds is 4. The van der Waals surface area contributed by atoms with Gasteiger partial charge in [-0.15, -0.1) is 11.3 Å². The molecule has 1 aromatic carbocycles. The fourth-order valence-corrected chi connectivity index (χ4v) is 3.04. The van der Waals surface area contributed by atoms with E-state index >= 15 is 0 Å². The highest BCUT2D eigenvalue weighted by atomic mass is 35.5. The van der Waals surface area contributed by atoms with Crippen molar-refractivity contribution in [1.29, 1.82) is 0 Å². The summed E-state index contributed by atoms with van der Waals surface area (Å²) in [5.41, 5.74) is 1.73. The lowest BCUT2D eigenvalue weighted by atomic mass is 10.1. The van der Waals surface area contributed by atoms with Gasteiger partial charge in [0, 0.05) is 29.3 Å². The molecule has 0 aliphatic heterocycles. The van der Waals surface area contributed by atoms with E-state index < -0.39 is 0 Å². The minimum Gasteiger partial charge on any atom is -0.350 e. The Morgan fingerprint density at radius 3 is 3.20 bits per heavy atom. The van der Waals surface area contributed by atoms with Crippen molar-refractivity contribution >= 4 is 33.8 Å². The van der Waals surface area contributed by atoms with E-state index in [-0.39, 0.29) is 5.91 Å². The van der Waals surface area contributed by atoms with Crippen molar-refractivity contribution in [2.45, 2.75) is 6.42 Å². The molecule has 102 valence electrons. The molecule has 0 aliphatic rings. The minimum atomic E-state index is -0.0868. The Bertz CT molecular complexity index is 750. The van der Waals surface area contributed by atoms with E-state index in [1.165, 1.54) is 11.3 Å². The van der Waals surface area contributed by atoms with Crippen LogP contribution in [0.1, 0.15) is 16.1 Å². The molecule has 6 heteroatoms. The minimum absolute atomic E-state index is 0.0868. The van der Waals surface area contributed by atoms with Gasteiger partial charge in [-0.3, -0.25) is 9.20 Å². The van der Waals surface area contributed by atoms with Gasteiger partial charge in [0.1, 0.15) is 5.69 Å². The fourth-order valence-electron chi connectivity index (χ4n) is 1.99. The van der Waals surface area contributed by atoms with E-state index in [1.807, 2.05) is 29.6 Å². The number of amides is 1. The normalized spacial score (nSPS) is 10.8. The van der Waals surface area contributed by atoms with Crippen LogP contribution >= 0.6 is 22.9 Å². The Morgan fingerprint density at radius 2 is 2.35 bits per heavy atom. The number of aromatic nitrogens is 2. The van der Waals surface area contributed by atoms with Gasteiger partial charge >= 0.3 is 0 Å². The molecule has 0 atom stereocenters. The van der Waals surface area contributed by atoms with E-state index in [2.05, 4.69) is 10.3 Å². The van der Waals surface area contributed by atoms with Crippen molar-refractivity contribution in [1.82, 2.24) is 14.7 Å². The highest BCUT2D eigenvalue weighted by Gasteiger charge is 2.11. The molecule has 0 aliphatic carbocycles. The van der Waals surface area contributed by atoms with Gasteiger partial charge in [0.2, 0.25) is 0 Å². The molecule has 20 heavy (non-hydrogen) atoms. The Balaban J connectivity index is 1.61. The largest absolute Gasteiger partial charge is 0.350 e. The maximum Gasteiger partial charge on any atom is 0.269 e. The zero-order chi connectivity index (χ0) is 13.9. The summed E-state index contributed by atoms with van der Waals surface area (Å²) in [6, 6.07) is 7.65. The maximum absolute atomic E-state index is 12.1. The third kappa shape index (κ3) is 2.69. The summed E-state index contributed by atoms with van der Waals surface area (Å²) in [7, 11) is 0. The Hall–Kier alpha value is -1.85. The first-order valence-electron chi connectivity index (χ1n) is 6.17. The molecule has 2 aromatic heterocycles. The predicted octanol–water partition coefficient (Wildman–Crippen LogP) is 3.02. The second kappa shape index (κ2) is 5.64. The van der Waals surface area contributed by atoms with Crippen LogP contribution < -0.4 is 5.32 Å². The molecule has 0 radical (unpaired) electrons. The molecule has 4 nitrogen and oxygen atoms in total. The average Bonchev–Trinajstić information content (AvgIpc) is 3.00. The zero-order valence-electron chi connectivity index (χ0n) is 10.5. The molecular weight excluding hydrogens is 294 g/mol. The lowest BCUT2D eigenvalue weighted by molar-refractivity contribution is 0.0948. The fraction of sp³-hybridized carbons (Fsp3) is 0.143. The van der Waals surface area contributed by atoms with Crippen LogP contribution in [0, 0.1) is 0 Å². The highest BCUT2D eigenvalue weighted by Crippen LogP contribution is 2.14. The van der Waals surface area contributed by atoms with Gasteiger partial charge in [0.15, 0.2) is 4.96 Å². The van der Waals surface area contributed by atoms with E-state index in [9.17, 15) is 4.79 Å². The standard InChI is InChI=1S/C14H12ClN3OS/c15-11-3-1-2-10(8-11)4-5-16-13(19)12-9-20-14-17-6-7-18(12)14/h1-3,6-9H,4-5H2,(H,16,19). The second-order valence-electron chi connectivity index (χ2n) is 4.34. The molecule has 2 heterocycles. The Morgan fingerprint density at radius 1 is 1.45 bits per heavy atom. The van der Waals surface area contributed by atoms with Crippen LogP contribution in [0.15, 0.2) is 42.0 Å². The summed E-state index contributed by atoms with van der Waals surface area (Å²) in [6.07, 6.45) is 4.23. The van der Waals surface area contributed by atoms with Crippen LogP contribution in [0.2, 0.25) is 5.02 Å². The summed E-state index contributed by atoms with van der Waals surface area (Å²) in [4.78, 5) is 17.1. The van der Waals surface area contributed by atoms with E-state index in [0.29, 0.717) is 17.3 Å². The topological polar surface area (TPSA) is 46.4 Å². The van der Waals surface area contributed by atoms with Crippen LogP contribution in [0.5, 0.6) is 0 Å². The third-order valence-electron chi connectivity index (χ3n) is 2.96. The van der Waals surface area contributed by atoms with Crippen molar-refractivity contribution in [3.05, 3.63) is 58.3 Å². The number of carbonyl (C=O) groups excluding carboxylic acids is 1. The third-order valence-corrected chi connectivity index (χ3v) is 4.05. The van der Waals surface area contributed by atoms with Crippen molar-refractivity contribution in [2.75, 3.05) is 6.54 Å². The second-order valence-corrected chi connectivity index (χ2v) is 5.61. The zero-order valence-corrected chi connectivity index (χ0v) is 12.1. The molecule has 0 saturated carbocycles. The number of fused-ring (bicyclic) bond motifs is 1. The molecule has 1 N–H and O–H groups in total. The summed E-state index contributed by atoms with van der Waals surface area (Å²) in [6.45, 7) is 0.575. The number of nitrogens with one attached hydrogen (secondary N) is 1. The van der Waals surface area contributed by atoms with Gasteiger partial charge in [-0.2, -0.15) is 0 Å². The van der Waals surface area contributed by atoms with Gasteiger partial charge in [-0.25, -0.2) is 4.98 Å². The number of imidazole rings is 1. The number of carbonyl (C=O) groups is 1. The first-order valence-corrected chi connectivity index (χ1v) is 7.43. The van der Waals surface area contributed by atoms with Crippen LogP contribution in [-0.2, 0) is 6.42 Å². The maximum atomic E-state index is 12.1. The Labute approximate surface area is 125 Å². The highest BCUT2D eigenvalue weighted by molar-refractivity contribution is 7.15. The lowest BCUT2D eigenvalue weighted by Crippen LogP contribution is -2.26. The van der Waals surface area contributed by atoms with Crippen molar-refractivity contribution < 1.29 is 4.79 Å². The lowest BCUT2D eigenvalue weighted by Gasteiger charge is -2.05. The first-order chi connectivity index (χ1) is 9.74. The van der Waals surface area contributed by atoms with E-state index in [4.69, 9.17) is 11.6 Å². The number of hydrogen-bond acceptors (Lipinski definition) is 3. The summed E-state index contributed by atoms with van der Waals surface area (Å²) in [5, 5.41) is 5.44. The van der Waals surface area contributed by atoms with Gasteiger partial charge in [0.25, 0.3) is 5.91 Å². The molecule has 3 rings (SSSR count). The van der Waals surface area contributed by atoms with Crippen molar-refractivity contribution in [2.24, 2.45) is 0 Å². The average molecular weight is 306 g/mol. The smallest absolute Gasteiger partial charge is 0.269 e. The predicted molar refractivity (Wildman–Crippen MR) is 80.6 cm³/mol. The quantitative estimate of drug-likeness (QED) is 0.805. The van der Waals surface area contributed by atoms with Crippen LogP contribution in [0.3, 0.4) is 0 Å². The molecule has 0 bridgehead atoms. The molecular formula is C14H12ClN3OS. The Kier molecular flexibility index (Phi) is 3.71. The molecule has 1 amide bonds. The van der Waals surface area contributed by atoms with Crippen molar-refractivity contribution in [3.8, 4) is 0 Å². The number of halogens is 1. The van der Waals surface area contributed by atoms with E-state index in [1.54, 1.807) is 16.8 Å². The summed E-state index contributed by atoms with van der Waals surface area (Å²) >= 11 is 7.38. The van der Waals surface area contributed by atoms with Gasteiger partial charge in [0.05, 0.1) is 0 Å². The number of nitrogens with zero attached hydrogens (tertiary/aromatic N) is 2. The molecule has 0 spiro atoms. The van der Waals surface area contributed by atoms with Crippen molar-refractivity contribution in [3.63, 3.8) is 0 Å². The molecule has 3 aromatic rings. The molecule has 0 fully saturated rings. The number of thiazole rings is 1. The first kappa shape index (κ1) is 13.1. The molecule has 0 saturated heterocycles. The van der Waals surface area contributed by atoms with Crippen LogP contribution in [-0.4, -0.2) is 21.8 Å². The van der Waals surface area contributed by atoms with Gasteiger partial charge < -0.3 is 5.32 Å². The number of hydrogen-bond donors (Lipinski definition) is 1. The summed E-state index contributed by atoms with van der Waals surface area (Å²) < 4.78 is 1.79.